The normalized spacial score (nSPS) is 9.65. The summed E-state index contributed by atoms with van der Waals surface area (Å²) >= 11 is 0. The van der Waals surface area contributed by atoms with Gasteiger partial charge in [-0.3, -0.25) is 4.79 Å². The van der Waals surface area contributed by atoms with Crippen molar-refractivity contribution in [3.05, 3.63) is 54.6 Å². The predicted octanol–water partition coefficient (Wildman–Crippen LogP) is 3.46. The van der Waals surface area contributed by atoms with E-state index in [1.54, 1.807) is 6.07 Å². The maximum atomic E-state index is 10.8. The molecule has 0 amide bonds. The Bertz CT molecular complexity index is 533. The van der Waals surface area contributed by atoms with E-state index in [0.717, 1.165) is 11.1 Å². The molecule has 0 saturated carbocycles. The predicted molar refractivity (Wildman–Crippen MR) is 82.8 cm³/mol. The standard InChI is InChI=1S/C14H12O2.C3H9N/c1-11(15)16-14-9-5-8-13(10-14)12-6-3-2-4-7-12;1-4(2)3/h2-10H,1H3;1-3H3. The van der Waals surface area contributed by atoms with E-state index in [0.29, 0.717) is 5.75 Å². The van der Waals surface area contributed by atoms with E-state index in [4.69, 9.17) is 4.74 Å². The van der Waals surface area contributed by atoms with Gasteiger partial charge in [-0.05, 0) is 44.4 Å². The summed E-state index contributed by atoms with van der Waals surface area (Å²) in [5.74, 6) is 0.277. The average Bonchev–Trinajstić information content (AvgIpc) is 2.39. The molecule has 2 rings (SSSR count). The summed E-state index contributed by atoms with van der Waals surface area (Å²) in [5, 5.41) is 0. The zero-order chi connectivity index (χ0) is 15.0. The third-order valence-electron chi connectivity index (χ3n) is 2.20. The summed E-state index contributed by atoms with van der Waals surface area (Å²) in [6.07, 6.45) is 0. The number of carbonyl (C=O) groups is 1. The molecule has 0 saturated heterocycles. The molecule has 2 aromatic rings. The maximum Gasteiger partial charge on any atom is 0.308 e. The number of esters is 1. The van der Waals surface area contributed by atoms with Crippen LogP contribution in [-0.2, 0) is 4.79 Å². The van der Waals surface area contributed by atoms with Crippen molar-refractivity contribution in [1.82, 2.24) is 4.90 Å². The van der Waals surface area contributed by atoms with Crippen LogP contribution in [0.25, 0.3) is 11.1 Å². The lowest BCUT2D eigenvalue weighted by molar-refractivity contribution is -0.131. The highest BCUT2D eigenvalue weighted by atomic mass is 16.5. The highest BCUT2D eigenvalue weighted by molar-refractivity contribution is 5.71. The minimum absolute atomic E-state index is 0.301. The molecule has 3 nitrogen and oxygen atoms in total. The molecule has 0 aliphatic carbocycles. The lowest BCUT2D eigenvalue weighted by atomic mass is 10.1. The third-order valence-corrected chi connectivity index (χ3v) is 2.20. The van der Waals surface area contributed by atoms with Gasteiger partial charge in [0.05, 0.1) is 0 Å². The van der Waals surface area contributed by atoms with Crippen LogP contribution in [0.4, 0.5) is 0 Å². The summed E-state index contributed by atoms with van der Waals surface area (Å²) in [4.78, 5) is 12.8. The number of nitrogens with zero attached hydrogens (tertiary/aromatic N) is 1. The van der Waals surface area contributed by atoms with Gasteiger partial charge in [-0.1, -0.05) is 42.5 Å². The average molecular weight is 271 g/mol. The van der Waals surface area contributed by atoms with Crippen LogP contribution in [0.3, 0.4) is 0 Å². The zero-order valence-electron chi connectivity index (χ0n) is 12.5. The van der Waals surface area contributed by atoms with Gasteiger partial charge in [-0.2, -0.15) is 0 Å². The van der Waals surface area contributed by atoms with Crippen molar-refractivity contribution in [1.29, 1.82) is 0 Å². The topological polar surface area (TPSA) is 29.5 Å². The van der Waals surface area contributed by atoms with Gasteiger partial charge in [0.25, 0.3) is 0 Å². The quantitative estimate of drug-likeness (QED) is 0.619. The summed E-state index contributed by atoms with van der Waals surface area (Å²) < 4.78 is 5.04. The molecule has 0 N–H and O–H groups in total. The van der Waals surface area contributed by atoms with Crippen LogP contribution in [0.2, 0.25) is 0 Å². The Hall–Kier alpha value is -2.13. The Morgan fingerprint density at radius 2 is 1.45 bits per heavy atom. The summed E-state index contributed by atoms with van der Waals surface area (Å²) in [6, 6.07) is 17.5. The van der Waals surface area contributed by atoms with Gasteiger partial charge in [0.2, 0.25) is 0 Å². The number of hydrogen-bond acceptors (Lipinski definition) is 3. The number of ether oxygens (including phenoxy) is 1. The Kier molecular flexibility index (Phi) is 6.47. The van der Waals surface area contributed by atoms with Crippen molar-refractivity contribution in [2.45, 2.75) is 6.92 Å². The number of carbonyl (C=O) groups excluding carboxylic acids is 1. The minimum atomic E-state index is -0.301. The number of hydrogen-bond donors (Lipinski definition) is 0. The Labute approximate surface area is 120 Å². The molecule has 0 atom stereocenters. The van der Waals surface area contributed by atoms with Gasteiger partial charge in [0.1, 0.15) is 5.75 Å². The molecular weight excluding hydrogens is 250 g/mol. The SMILES string of the molecule is CC(=O)Oc1cccc(-c2ccccc2)c1.CN(C)C. The lowest BCUT2D eigenvalue weighted by Gasteiger charge is -2.04. The minimum Gasteiger partial charge on any atom is -0.427 e. The first-order valence-corrected chi connectivity index (χ1v) is 6.44. The van der Waals surface area contributed by atoms with Gasteiger partial charge in [0.15, 0.2) is 0 Å². The molecule has 0 radical (unpaired) electrons. The van der Waals surface area contributed by atoms with Crippen LogP contribution in [-0.4, -0.2) is 32.0 Å². The molecular formula is C17H21NO2. The maximum absolute atomic E-state index is 10.8. The fraction of sp³-hybridized carbons (Fsp3) is 0.235. The molecule has 0 fully saturated rings. The number of benzene rings is 2. The van der Waals surface area contributed by atoms with E-state index in [1.165, 1.54) is 6.92 Å². The van der Waals surface area contributed by atoms with Crippen molar-refractivity contribution >= 4 is 5.97 Å². The van der Waals surface area contributed by atoms with Crippen LogP contribution in [0.1, 0.15) is 6.92 Å². The second-order valence-electron chi connectivity index (χ2n) is 4.83. The van der Waals surface area contributed by atoms with Crippen LogP contribution in [0, 0.1) is 0 Å². The summed E-state index contributed by atoms with van der Waals surface area (Å²) in [7, 11) is 6.00. The van der Waals surface area contributed by atoms with E-state index in [9.17, 15) is 4.79 Å². The fourth-order valence-corrected chi connectivity index (χ4v) is 1.54. The van der Waals surface area contributed by atoms with E-state index in [1.807, 2.05) is 74.6 Å². The van der Waals surface area contributed by atoms with Crippen molar-refractivity contribution in [3.63, 3.8) is 0 Å². The Morgan fingerprint density at radius 1 is 0.900 bits per heavy atom. The van der Waals surface area contributed by atoms with E-state index in [2.05, 4.69) is 0 Å². The van der Waals surface area contributed by atoms with Crippen LogP contribution in [0.15, 0.2) is 54.6 Å². The van der Waals surface area contributed by atoms with Gasteiger partial charge in [-0.15, -0.1) is 0 Å². The smallest absolute Gasteiger partial charge is 0.308 e. The largest absolute Gasteiger partial charge is 0.427 e. The lowest BCUT2D eigenvalue weighted by Crippen LogP contribution is -2.00. The third kappa shape index (κ3) is 6.16. The van der Waals surface area contributed by atoms with Gasteiger partial charge >= 0.3 is 5.97 Å². The van der Waals surface area contributed by atoms with Crippen molar-refractivity contribution < 1.29 is 9.53 Å². The summed E-state index contributed by atoms with van der Waals surface area (Å²) in [6.45, 7) is 1.40. The van der Waals surface area contributed by atoms with Gasteiger partial charge in [-0.25, -0.2) is 0 Å². The monoisotopic (exact) mass is 271 g/mol. The fourth-order valence-electron chi connectivity index (χ4n) is 1.54. The van der Waals surface area contributed by atoms with Gasteiger partial charge < -0.3 is 9.64 Å². The van der Waals surface area contributed by atoms with E-state index >= 15 is 0 Å². The second-order valence-corrected chi connectivity index (χ2v) is 4.83. The molecule has 20 heavy (non-hydrogen) atoms. The molecule has 0 aliphatic rings. The molecule has 0 aromatic heterocycles. The second kappa shape index (κ2) is 8.12. The molecule has 0 aliphatic heterocycles. The molecule has 0 unspecified atom stereocenters. The molecule has 2 aromatic carbocycles. The van der Waals surface area contributed by atoms with Crippen LogP contribution >= 0.6 is 0 Å². The van der Waals surface area contributed by atoms with Crippen molar-refractivity contribution in [3.8, 4) is 16.9 Å². The van der Waals surface area contributed by atoms with Crippen molar-refractivity contribution in [2.24, 2.45) is 0 Å². The Balaban J connectivity index is 0.000000444. The molecule has 3 heteroatoms. The molecule has 0 heterocycles. The highest BCUT2D eigenvalue weighted by Crippen LogP contribution is 2.23. The zero-order valence-corrected chi connectivity index (χ0v) is 12.5. The number of rotatable bonds is 2. The molecule has 106 valence electrons. The van der Waals surface area contributed by atoms with Crippen LogP contribution in [0.5, 0.6) is 5.75 Å². The molecule has 0 bridgehead atoms. The van der Waals surface area contributed by atoms with Crippen LogP contribution < -0.4 is 4.74 Å². The van der Waals surface area contributed by atoms with E-state index in [-0.39, 0.29) is 5.97 Å². The highest BCUT2D eigenvalue weighted by Gasteiger charge is 2.01. The first-order chi connectivity index (χ1) is 9.49. The van der Waals surface area contributed by atoms with E-state index < -0.39 is 0 Å². The summed E-state index contributed by atoms with van der Waals surface area (Å²) in [5.41, 5.74) is 2.15. The van der Waals surface area contributed by atoms with Gasteiger partial charge in [0, 0.05) is 6.92 Å². The first kappa shape index (κ1) is 15.9. The molecule has 0 spiro atoms. The van der Waals surface area contributed by atoms with Crippen molar-refractivity contribution in [2.75, 3.05) is 21.1 Å². The first-order valence-electron chi connectivity index (χ1n) is 6.44. The Morgan fingerprint density at radius 3 is 2.00 bits per heavy atom.